The molecule has 0 radical (unpaired) electrons. The molecule has 13 heavy (non-hydrogen) atoms. The van der Waals surface area contributed by atoms with Crippen molar-refractivity contribution in [3.05, 3.63) is 18.2 Å². The summed E-state index contributed by atoms with van der Waals surface area (Å²) in [6.07, 6.45) is 0. The lowest BCUT2D eigenvalue weighted by Gasteiger charge is -2.08. The van der Waals surface area contributed by atoms with Crippen molar-refractivity contribution in [2.24, 2.45) is 5.92 Å². The average Bonchev–Trinajstić information content (AvgIpc) is 2.15. The van der Waals surface area contributed by atoms with Crippen LogP contribution in [0.2, 0.25) is 0 Å². The van der Waals surface area contributed by atoms with E-state index in [2.05, 4.69) is 29.5 Å². The van der Waals surface area contributed by atoms with Gasteiger partial charge >= 0.3 is 0 Å². The molecule has 1 heterocycles. The van der Waals surface area contributed by atoms with Crippen molar-refractivity contribution in [1.29, 1.82) is 0 Å². The summed E-state index contributed by atoms with van der Waals surface area (Å²) in [5.41, 5.74) is 0. The summed E-state index contributed by atoms with van der Waals surface area (Å²) in [5.74, 6) is 2.47. The first kappa shape index (κ1) is 9.84. The van der Waals surface area contributed by atoms with E-state index < -0.39 is 0 Å². The number of hydrogen-bond donors (Lipinski definition) is 2. The van der Waals surface area contributed by atoms with Gasteiger partial charge in [0, 0.05) is 13.6 Å². The van der Waals surface area contributed by atoms with Crippen LogP contribution in [0.25, 0.3) is 0 Å². The van der Waals surface area contributed by atoms with E-state index in [1.807, 2.05) is 25.2 Å². The van der Waals surface area contributed by atoms with Crippen LogP contribution in [0.5, 0.6) is 0 Å². The Bertz CT molecular complexity index is 258. The summed E-state index contributed by atoms with van der Waals surface area (Å²) in [4.78, 5) is 4.34. The van der Waals surface area contributed by atoms with Crippen molar-refractivity contribution >= 4 is 11.6 Å². The minimum absolute atomic E-state index is 0.639. The van der Waals surface area contributed by atoms with E-state index in [0.29, 0.717) is 5.92 Å². The van der Waals surface area contributed by atoms with Crippen molar-refractivity contribution in [2.75, 3.05) is 24.2 Å². The summed E-state index contributed by atoms with van der Waals surface area (Å²) < 4.78 is 0. The molecule has 0 amide bonds. The van der Waals surface area contributed by atoms with Crippen LogP contribution < -0.4 is 10.6 Å². The SMILES string of the molecule is CNc1cccc(NCC(C)C)n1. The molecule has 0 fully saturated rings. The summed E-state index contributed by atoms with van der Waals surface area (Å²) >= 11 is 0. The molecule has 72 valence electrons. The predicted octanol–water partition coefficient (Wildman–Crippen LogP) is 2.19. The highest BCUT2D eigenvalue weighted by Gasteiger charge is 1.96. The van der Waals surface area contributed by atoms with E-state index in [0.717, 1.165) is 18.2 Å². The number of nitrogens with zero attached hydrogens (tertiary/aromatic N) is 1. The molecular formula is C10H17N3. The van der Waals surface area contributed by atoms with Gasteiger partial charge in [0.15, 0.2) is 0 Å². The second kappa shape index (κ2) is 4.70. The standard InChI is InChI=1S/C10H17N3/c1-8(2)7-12-10-6-4-5-9(11-3)13-10/h4-6,8H,7H2,1-3H3,(H2,11,12,13). The number of hydrogen-bond acceptors (Lipinski definition) is 3. The third kappa shape index (κ3) is 3.32. The quantitative estimate of drug-likeness (QED) is 0.744. The molecule has 0 aliphatic heterocycles. The first-order valence-corrected chi connectivity index (χ1v) is 4.61. The van der Waals surface area contributed by atoms with E-state index in [1.54, 1.807) is 0 Å². The lowest BCUT2D eigenvalue weighted by molar-refractivity contribution is 0.687. The van der Waals surface area contributed by atoms with E-state index in [4.69, 9.17) is 0 Å². The van der Waals surface area contributed by atoms with Crippen molar-refractivity contribution in [2.45, 2.75) is 13.8 Å². The minimum atomic E-state index is 0.639. The largest absolute Gasteiger partial charge is 0.373 e. The average molecular weight is 179 g/mol. The van der Waals surface area contributed by atoms with Gasteiger partial charge in [0.25, 0.3) is 0 Å². The molecule has 0 unspecified atom stereocenters. The molecule has 0 aromatic carbocycles. The van der Waals surface area contributed by atoms with Gasteiger partial charge < -0.3 is 10.6 Å². The van der Waals surface area contributed by atoms with Crippen molar-refractivity contribution in [1.82, 2.24) is 4.98 Å². The summed E-state index contributed by atoms with van der Waals surface area (Å²) in [6, 6.07) is 5.91. The van der Waals surface area contributed by atoms with E-state index >= 15 is 0 Å². The monoisotopic (exact) mass is 179 g/mol. The molecule has 0 atom stereocenters. The van der Waals surface area contributed by atoms with Gasteiger partial charge in [-0.3, -0.25) is 0 Å². The maximum Gasteiger partial charge on any atom is 0.128 e. The van der Waals surface area contributed by atoms with Crippen LogP contribution in [0.4, 0.5) is 11.6 Å². The lowest BCUT2D eigenvalue weighted by atomic mass is 10.2. The highest BCUT2D eigenvalue weighted by Crippen LogP contribution is 2.08. The fourth-order valence-corrected chi connectivity index (χ4v) is 0.981. The van der Waals surface area contributed by atoms with Gasteiger partial charge in [0.1, 0.15) is 11.6 Å². The normalized spacial score (nSPS) is 10.2. The zero-order chi connectivity index (χ0) is 9.68. The molecule has 0 aliphatic carbocycles. The van der Waals surface area contributed by atoms with Gasteiger partial charge in [-0.2, -0.15) is 0 Å². The molecule has 3 heteroatoms. The number of nitrogens with one attached hydrogen (secondary N) is 2. The summed E-state index contributed by atoms with van der Waals surface area (Å²) in [7, 11) is 1.87. The molecule has 0 saturated carbocycles. The second-order valence-electron chi connectivity index (χ2n) is 3.43. The molecule has 3 nitrogen and oxygen atoms in total. The van der Waals surface area contributed by atoms with Crippen LogP contribution >= 0.6 is 0 Å². The molecular weight excluding hydrogens is 162 g/mol. The molecule has 2 N–H and O–H groups in total. The number of anilines is 2. The van der Waals surface area contributed by atoms with Crippen LogP contribution in [-0.4, -0.2) is 18.6 Å². The van der Waals surface area contributed by atoms with Gasteiger partial charge in [-0.1, -0.05) is 19.9 Å². The second-order valence-corrected chi connectivity index (χ2v) is 3.43. The lowest BCUT2D eigenvalue weighted by Crippen LogP contribution is -2.09. The zero-order valence-electron chi connectivity index (χ0n) is 8.46. The Balaban J connectivity index is 2.56. The minimum Gasteiger partial charge on any atom is -0.373 e. The number of pyridine rings is 1. The van der Waals surface area contributed by atoms with Crippen LogP contribution in [0.3, 0.4) is 0 Å². The topological polar surface area (TPSA) is 37.0 Å². The third-order valence-electron chi connectivity index (χ3n) is 1.70. The van der Waals surface area contributed by atoms with Crippen LogP contribution in [0.1, 0.15) is 13.8 Å². The van der Waals surface area contributed by atoms with Crippen molar-refractivity contribution in [3.63, 3.8) is 0 Å². The first-order chi connectivity index (χ1) is 6.22. The van der Waals surface area contributed by atoms with Gasteiger partial charge in [-0.05, 0) is 18.1 Å². The fourth-order valence-electron chi connectivity index (χ4n) is 0.981. The predicted molar refractivity (Wildman–Crippen MR) is 57.1 cm³/mol. The van der Waals surface area contributed by atoms with Gasteiger partial charge in [0.05, 0.1) is 0 Å². The highest BCUT2D eigenvalue weighted by atomic mass is 15.0. The number of rotatable bonds is 4. The smallest absolute Gasteiger partial charge is 0.128 e. The Kier molecular flexibility index (Phi) is 3.55. The number of aromatic nitrogens is 1. The third-order valence-corrected chi connectivity index (χ3v) is 1.70. The Labute approximate surface area is 79.6 Å². The Morgan fingerprint density at radius 1 is 1.31 bits per heavy atom. The maximum absolute atomic E-state index is 4.34. The summed E-state index contributed by atoms with van der Waals surface area (Å²) in [5, 5.41) is 6.27. The Morgan fingerprint density at radius 3 is 2.62 bits per heavy atom. The fraction of sp³-hybridized carbons (Fsp3) is 0.500. The van der Waals surface area contributed by atoms with Crippen molar-refractivity contribution < 1.29 is 0 Å². The van der Waals surface area contributed by atoms with Crippen molar-refractivity contribution in [3.8, 4) is 0 Å². The van der Waals surface area contributed by atoms with E-state index in [9.17, 15) is 0 Å². The molecule has 1 aromatic heterocycles. The molecule has 1 aromatic rings. The molecule has 0 aliphatic rings. The van der Waals surface area contributed by atoms with Crippen LogP contribution in [-0.2, 0) is 0 Å². The Hall–Kier alpha value is -1.25. The first-order valence-electron chi connectivity index (χ1n) is 4.61. The highest BCUT2D eigenvalue weighted by molar-refractivity contribution is 5.44. The maximum atomic E-state index is 4.34. The van der Waals surface area contributed by atoms with Gasteiger partial charge in [-0.25, -0.2) is 4.98 Å². The van der Waals surface area contributed by atoms with Gasteiger partial charge in [0.2, 0.25) is 0 Å². The van der Waals surface area contributed by atoms with Gasteiger partial charge in [-0.15, -0.1) is 0 Å². The Morgan fingerprint density at radius 2 is 2.00 bits per heavy atom. The molecule has 1 rings (SSSR count). The molecule has 0 bridgehead atoms. The van der Waals surface area contributed by atoms with E-state index in [-0.39, 0.29) is 0 Å². The van der Waals surface area contributed by atoms with E-state index in [1.165, 1.54) is 0 Å². The van der Waals surface area contributed by atoms with Crippen LogP contribution in [0, 0.1) is 5.92 Å². The molecule has 0 saturated heterocycles. The zero-order valence-corrected chi connectivity index (χ0v) is 8.46. The molecule has 0 spiro atoms. The van der Waals surface area contributed by atoms with Crippen LogP contribution in [0.15, 0.2) is 18.2 Å². The summed E-state index contributed by atoms with van der Waals surface area (Å²) in [6.45, 7) is 5.31.